The number of hydrogen-bond acceptors (Lipinski definition) is 3. The van der Waals surface area contributed by atoms with Crippen molar-refractivity contribution in [1.29, 1.82) is 0 Å². The van der Waals surface area contributed by atoms with Gasteiger partial charge >= 0.3 is 5.97 Å². The molecule has 0 heterocycles. The van der Waals surface area contributed by atoms with Gasteiger partial charge in [0.25, 0.3) is 0 Å². The number of amides is 1. The Balaban J connectivity index is 3.59. The van der Waals surface area contributed by atoms with Crippen LogP contribution in [0.4, 0.5) is 0 Å². The van der Waals surface area contributed by atoms with Crippen molar-refractivity contribution < 1.29 is 19.8 Å². The van der Waals surface area contributed by atoms with Gasteiger partial charge in [0.05, 0.1) is 6.61 Å². The third-order valence-electron chi connectivity index (χ3n) is 4.05. The summed E-state index contributed by atoms with van der Waals surface area (Å²) in [5.74, 6) is -1.56. The standard InChI is InChI=1S/C23H37NO4/c1-2-3-4-5-6-7-8-9-10-11-12-13-14-15-16-17-18-19-22(26)24-21(20-25)23(27)28/h5-6,8-9,11-12,14-15,21,25H,2-4,7,10,13,16-20H2,1H3,(H,24,26)(H,27,28)/b6-5+,9-8+,12-11+,15-14+. The molecule has 158 valence electrons. The van der Waals surface area contributed by atoms with E-state index in [0.717, 1.165) is 32.1 Å². The van der Waals surface area contributed by atoms with Crippen molar-refractivity contribution in [2.45, 2.75) is 77.2 Å². The summed E-state index contributed by atoms with van der Waals surface area (Å²) in [7, 11) is 0. The maximum Gasteiger partial charge on any atom is 0.328 e. The fourth-order valence-electron chi connectivity index (χ4n) is 2.37. The second kappa shape index (κ2) is 19.6. The third kappa shape index (κ3) is 17.3. The Morgan fingerprint density at radius 2 is 1.32 bits per heavy atom. The van der Waals surface area contributed by atoms with E-state index in [0.29, 0.717) is 6.42 Å². The zero-order valence-corrected chi connectivity index (χ0v) is 17.2. The lowest BCUT2D eigenvalue weighted by molar-refractivity contribution is -0.142. The molecule has 0 saturated carbocycles. The summed E-state index contributed by atoms with van der Waals surface area (Å²) in [5.41, 5.74) is 0. The van der Waals surface area contributed by atoms with Gasteiger partial charge in [-0.3, -0.25) is 4.79 Å². The molecule has 0 aliphatic heterocycles. The van der Waals surface area contributed by atoms with Crippen LogP contribution in [0, 0.1) is 0 Å². The van der Waals surface area contributed by atoms with E-state index in [1.165, 1.54) is 19.3 Å². The minimum atomic E-state index is -1.22. The van der Waals surface area contributed by atoms with Crippen LogP contribution in [0.3, 0.4) is 0 Å². The van der Waals surface area contributed by atoms with Crippen LogP contribution in [0.5, 0.6) is 0 Å². The van der Waals surface area contributed by atoms with Crippen LogP contribution in [-0.2, 0) is 9.59 Å². The molecule has 0 spiro atoms. The van der Waals surface area contributed by atoms with Crippen molar-refractivity contribution in [3.8, 4) is 0 Å². The van der Waals surface area contributed by atoms with Crippen molar-refractivity contribution in [3.63, 3.8) is 0 Å². The van der Waals surface area contributed by atoms with Gasteiger partial charge in [0.2, 0.25) is 5.91 Å². The second-order valence-electron chi connectivity index (χ2n) is 6.62. The lowest BCUT2D eigenvalue weighted by atomic mass is 10.1. The van der Waals surface area contributed by atoms with Crippen LogP contribution < -0.4 is 5.32 Å². The normalized spacial score (nSPS) is 13.2. The molecule has 0 aliphatic carbocycles. The number of carbonyl (C=O) groups excluding carboxylic acids is 1. The van der Waals surface area contributed by atoms with Gasteiger partial charge in [-0.1, -0.05) is 68.4 Å². The summed E-state index contributed by atoms with van der Waals surface area (Å²) in [6.45, 7) is 1.61. The van der Waals surface area contributed by atoms with Gasteiger partial charge in [-0.15, -0.1) is 0 Å². The van der Waals surface area contributed by atoms with Crippen molar-refractivity contribution in [3.05, 3.63) is 48.6 Å². The van der Waals surface area contributed by atoms with Crippen LogP contribution in [0.1, 0.15) is 71.1 Å². The van der Waals surface area contributed by atoms with E-state index >= 15 is 0 Å². The number of rotatable bonds is 17. The number of hydrogen-bond donors (Lipinski definition) is 3. The minimum absolute atomic E-state index is 0.275. The molecule has 0 aromatic rings. The van der Waals surface area contributed by atoms with Crippen LogP contribution in [0.15, 0.2) is 48.6 Å². The zero-order chi connectivity index (χ0) is 20.9. The average Bonchev–Trinajstić information content (AvgIpc) is 2.68. The van der Waals surface area contributed by atoms with Crippen molar-refractivity contribution in [2.75, 3.05) is 6.61 Å². The average molecular weight is 392 g/mol. The Morgan fingerprint density at radius 3 is 1.79 bits per heavy atom. The molecule has 0 fully saturated rings. The molecule has 28 heavy (non-hydrogen) atoms. The number of aliphatic hydroxyl groups excluding tert-OH is 1. The number of unbranched alkanes of at least 4 members (excludes halogenated alkanes) is 4. The van der Waals surface area contributed by atoms with E-state index in [4.69, 9.17) is 10.2 Å². The maximum atomic E-state index is 11.6. The topological polar surface area (TPSA) is 86.6 Å². The predicted molar refractivity (Wildman–Crippen MR) is 115 cm³/mol. The van der Waals surface area contributed by atoms with E-state index in [1.54, 1.807) is 0 Å². The number of carboxylic acid groups (broad SMARTS) is 1. The SMILES string of the molecule is CCCC/C=C/C/C=C/C/C=C/C/C=C/CCCCC(=O)NC(CO)C(=O)O. The molecule has 0 rings (SSSR count). The molecule has 0 radical (unpaired) electrons. The first-order valence-corrected chi connectivity index (χ1v) is 10.3. The number of allylic oxidation sites excluding steroid dienone is 8. The highest BCUT2D eigenvalue weighted by atomic mass is 16.4. The van der Waals surface area contributed by atoms with Crippen LogP contribution >= 0.6 is 0 Å². The molecular weight excluding hydrogens is 354 g/mol. The highest BCUT2D eigenvalue weighted by molar-refractivity contribution is 5.83. The van der Waals surface area contributed by atoms with Crippen LogP contribution in [0.2, 0.25) is 0 Å². The molecular formula is C23H37NO4. The summed E-state index contributed by atoms with van der Waals surface area (Å²) >= 11 is 0. The number of aliphatic hydroxyl groups is 1. The van der Waals surface area contributed by atoms with Crippen LogP contribution in [-0.4, -0.2) is 34.7 Å². The first kappa shape index (κ1) is 25.9. The molecule has 0 aliphatic rings. The van der Waals surface area contributed by atoms with Gasteiger partial charge in [-0.2, -0.15) is 0 Å². The molecule has 1 amide bonds. The Morgan fingerprint density at radius 1 is 0.821 bits per heavy atom. The monoisotopic (exact) mass is 391 g/mol. The summed E-state index contributed by atoms with van der Waals surface area (Å²) in [6, 6.07) is -1.21. The number of carbonyl (C=O) groups is 2. The predicted octanol–water partition coefficient (Wildman–Crippen LogP) is 4.69. The van der Waals surface area contributed by atoms with Gasteiger partial charge < -0.3 is 15.5 Å². The first-order valence-electron chi connectivity index (χ1n) is 10.3. The molecule has 1 atom stereocenters. The number of nitrogens with one attached hydrogen (secondary N) is 1. The van der Waals surface area contributed by atoms with Gasteiger partial charge in [0, 0.05) is 6.42 Å². The molecule has 5 heteroatoms. The maximum absolute atomic E-state index is 11.6. The largest absolute Gasteiger partial charge is 0.480 e. The molecule has 0 aromatic heterocycles. The molecule has 0 saturated heterocycles. The van der Waals surface area contributed by atoms with E-state index < -0.39 is 18.6 Å². The Bertz CT molecular complexity index is 521. The Kier molecular flexibility index (Phi) is 18.1. The molecule has 0 aromatic carbocycles. The Labute approximate surface area is 169 Å². The summed E-state index contributed by atoms with van der Waals surface area (Å²) in [5, 5.41) is 19.9. The third-order valence-corrected chi connectivity index (χ3v) is 4.05. The quantitative estimate of drug-likeness (QED) is 0.248. The number of aliphatic carboxylic acids is 1. The van der Waals surface area contributed by atoms with Crippen molar-refractivity contribution >= 4 is 11.9 Å². The van der Waals surface area contributed by atoms with E-state index in [9.17, 15) is 9.59 Å². The van der Waals surface area contributed by atoms with E-state index in [-0.39, 0.29) is 12.3 Å². The van der Waals surface area contributed by atoms with Gasteiger partial charge in [0.1, 0.15) is 6.04 Å². The molecule has 5 nitrogen and oxygen atoms in total. The second-order valence-corrected chi connectivity index (χ2v) is 6.62. The van der Waals surface area contributed by atoms with E-state index in [1.807, 2.05) is 0 Å². The lowest BCUT2D eigenvalue weighted by Gasteiger charge is -2.11. The van der Waals surface area contributed by atoms with Gasteiger partial charge in [0.15, 0.2) is 0 Å². The van der Waals surface area contributed by atoms with Gasteiger partial charge in [-0.05, 0) is 44.9 Å². The van der Waals surface area contributed by atoms with Gasteiger partial charge in [-0.25, -0.2) is 4.79 Å². The first-order chi connectivity index (χ1) is 13.6. The fourth-order valence-corrected chi connectivity index (χ4v) is 2.37. The van der Waals surface area contributed by atoms with E-state index in [2.05, 4.69) is 60.8 Å². The number of carboxylic acids is 1. The molecule has 3 N–H and O–H groups in total. The highest BCUT2D eigenvalue weighted by Crippen LogP contribution is 2.02. The smallest absolute Gasteiger partial charge is 0.328 e. The minimum Gasteiger partial charge on any atom is -0.480 e. The molecule has 1 unspecified atom stereocenters. The van der Waals surface area contributed by atoms with Crippen molar-refractivity contribution in [2.24, 2.45) is 0 Å². The molecule has 0 bridgehead atoms. The highest BCUT2D eigenvalue weighted by Gasteiger charge is 2.17. The zero-order valence-electron chi connectivity index (χ0n) is 17.2. The lowest BCUT2D eigenvalue weighted by Crippen LogP contribution is -2.43. The summed E-state index contributed by atoms with van der Waals surface area (Å²) < 4.78 is 0. The van der Waals surface area contributed by atoms with Crippen molar-refractivity contribution in [1.82, 2.24) is 5.32 Å². The van der Waals surface area contributed by atoms with Crippen LogP contribution in [0.25, 0.3) is 0 Å². The summed E-state index contributed by atoms with van der Waals surface area (Å²) in [4.78, 5) is 22.3. The Hall–Kier alpha value is -2.14. The fraction of sp³-hybridized carbons (Fsp3) is 0.565. The summed E-state index contributed by atoms with van der Waals surface area (Å²) in [6.07, 6.45) is 26.7.